The summed E-state index contributed by atoms with van der Waals surface area (Å²) < 4.78 is 10.6. The summed E-state index contributed by atoms with van der Waals surface area (Å²) in [4.78, 5) is 4.32. The highest BCUT2D eigenvalue weighted by molar-refractivity contribution is 5.26. The molecule has 1 saturated heterocycles. The number of rotatable bonds is 5. The van der Waals surface area contributed by atoms with Crippen LogP contribution in [-0.4, -0.2) is 29.8 Å². The van der Waals surface area contributed by atoms with Gasteiger partial charge in [-0.2, -0.15) is 4.98 Å². The van der Waals surface area contributed by atoms with Gasteiger partial charge in [0.1, 0.15) is 0 Å². The molecular weight excluding hydrogens is 278 g/mol. The fraction of sp³-hybridized carbons (Fsp3) is 0.529. The predicted molar refractivity (Wildman–Crippen MR) is 83.3 cm³/mol. The van der Waals surface area contributed by atoms with Gasteiger partial charge >= 0.3 is 6.01 Å². The molecule has 1 aliphatic heterocycles. The van der Waals surface area contributed by atoms with E-state index in [1.807, 2.05) is 6.92 Å². The molecule has 117 valence electrons. The van der Waals surface area contributed by atoms with Crippen LogP contribution in [0.4, 0.5) is 0 Å². The number of hydrogen-bond acceptors (Lipinski definition) is 4. The van der Waals surface area contributed by atoms with Gasteiger partial charge < -0.3 is 9.26 Å². The first-order chi connectivity index (χ1) is 10.8. The molecule has 2 aromatic rings. The van der Waals surface area contributed by atoms with Crippen molar-refractivity contribution >= 4 is 0 Å². The number of ether oxygens (including phenoxy) is 1. The van der Waals surface area contributed by atoms with Crippen LogP contribution in [0.1, 0.15) is 49.1 Å². The number of hydrogen-bond donors (Lipinski definition) is 0. The van der Waals surface area contributed by atoms with Crippen molar-refractivity contribution in [2.45, 2.75) is 38.5 Å². The van der Waals surface area contributed by atoms with E-state index in [1.165, 1.54) is 11.1 Å². The largest absolute Gasteiger partial charge is 0.462 e. The number of aromatic nitrogens is 2. The van der Waals surface area contributed by atoms with E-state index in [9.17, 15) is 0 Å². The zero-order chi connectivity index (χ0) is 15.4. The van der Waals surface area contributed by atoms with E-state index < -0.39 is 0 Å². The molecule has 5 nitrogen and oxygen atoms in total. The Hall–Kier alpha value is -1.88. The summed E-state index contributed by atoms with van der Waals surface area (Å²) in [5, 5.41) is 8.47. The third-order valence-electron chi connectivity index (χ3n) is 4.17. The molecule has 0 aliphatic carbocycles. The molecule has 0 spiro atoms. The van der Waals surface area contributed by atoms with Crippen molar-refractivity contribution in [3.8, 4) is 6.01 Å². The first-order valence-corrected chi connectivity index (χ1v) is 7.98. The number of nitrogens with zero attached hydrogens (tertiary/aromatic N) is 3. The lowest BCUT2D eigenvalue weighted by atomic mass is 9.85. The zero-order valence-electron chi connectivity index (χ0n) is 13.2. The predicted octanol–water partition coefficient (Wildman–Crippen LogP) is 2.91. The fourth-order valence-corrected chi connectivity index (χ4v) is 2.90. The van der Waals surface area contributed by atoms with Gasteiger partial charge in [-0.3, -0.25) is 0 Å². The lowest BCUT2D eigenvalue weighted by Crippen LogP contribution is -2.29. The normalized spacial score (nSPS) is 21.7. The summed E-state index contributed by atoms with van der Waals surface area (Å²) >= 11 is 0. The third kappa shape index (κ3) is 3.30. The molecule has 5 heteroatoms. The molecular formula is C17H22N3O2. The molecule has 1 aromatic heterocycles. The molecule has 0 bridgehead atoms. The van der Waals surface area contributed by atoms with Crippen LogP contribution in [0.5, 0.6) is 6.01 Å². The minimum absolute atomic E-state index is 0.186. The highest BCUT2D eigenvalue weighted by Crippen LogP contribution is 2.33. The number of benzene rings is 1. The van der Waals surface area contributed by atoms with E-state index in [2.05, 4.69) is 46.6 Å². The van der Waals surface area contributed by atoms with Crippen molar-refractivity contribution in [3.05, 3.63) is 41.3 Å². The van der Waals surface area contributed by atoms with Crippen molar-refractivity contribution in [2.75, 3.05) is 19.7 Å². The summed E-state index contributed by atoms with van der Waals surface area (Å²) in [5.41, 5.74) is 2.71. The summed E-state index contributed by atoms with van der Waals surface area (Å²) in [6.45, 7) is 6.24. The second kappa shape index (κ2) is 6.92. The average molecular weight is 300 g/mol. The smallest absolute Gasteiger partial charge is 0.354 e. The monoisotopic (exact) mass is 300 g/mol. The maximum absolute atomic E-state index is 5.33. The Bertz CT molecular complexity index is 594. The van der Waals surface area contributed by atoms with Gasteiger partial charge in [-0.25, -0.2) is 5.32 Å². The number of aryl methyl sites for hydroxylation is 1. The minimum Gasteiger partial charge on any atom is -0.462 e. The third-order valence-corrected chi connectivity index (χ3v) is 4.17. The van der Waals surface area contributed by atoms with Crippen molar-refractivity contribution in [2.24, 2.45) is 0 Å². The molecule has 0 N–H and O–H groups in total. The Labute approximate surface area is 131 Å². The van der Waals surface area contributed by atoms with Gasteiger partial charge in [0.2, 0.25) is 5.89 Å². The van der Waals surface area contributed by atoms with E-state index in [4.69, 9.17) is 9.26 Å². The Morgan fingerprint density at radius 3 is 2.64 bits per heavy atom. The van der Waals surface area contributed by atoms with E-state index in [0.29, 0.717) is 24.4 Å². The summed E-state index contributed by atoms with van der Waals surface area (Å²) in [6.07, 6.45) is 2.06. The van der Waals surface area contributed by atoms with Gasteiger partial charge in [-0.1, -0.05) is 31.2 Å². The summed E-state index contributed by atoms with van der Waals surface area (Å²) in [7, 11) is 0. The molecule has 1 aromatic carbocycles. The second-order valence-corrected chi connectivity index (χ2v) is 5.66. The number of piperidine rings is 1. The topological polar surface area (TPSA) is 62.3 Å². The molecule has 0 saturated carbocycles. The van der Waals surface area contributed by atoms with Gasteiger partial charge in [0, 0.05) is 13.1 Å². The lowest BCUT2D eigenvalue weighted by Gasteiger charge is -2.27. The first-order valence-electron chi connectivity index (χ1n) is 7.98. The molecule has 2 unspecified atom stereocenters. The zero-order valence-corrected chi connectivity index (χ0v) is 13.2. The van der Waals surface area contributed by atoms with Crippen molar-refractivity contribution in [1.29, 1.82) is 0 Å². The van der Waals surface area contributed by atoms with E-state index in [0.717, 1.165) is 25.9 Å². The van der Waals surface area contributed by atoms with Crippen LogP contribution in [0, 0.1) is 0 Å². The van der Waals surface area contributed by atoms with Crippen LogP contribution >= 0.6 is 0 Å². The van der Waals surface area contributed by atoms with Crippen LogP contribution in [0.2, 0.25) is 0 Å². The highest BCUT2D eigenvalue weighted by atomic mass is 16.5. The van der Waals surface area contributed by atoms with E-state index >= 15 is 0 Å². The Morgan fingerprint density at radius 2 is 1.91 bits per heavy atom. The highest BCUT2D eigenvalue weighted by Gasteiger charge is 2.29. The summed E-state index contributed by atoms with van der Waals surface area (Å²) in [6, 6.07) is 9.19. The van der Waals surface area contributed by atoms with Gasteiger partial charge in [-0.15, -0.1) is 0 Å². The standard InChI is InChI=1S/C17H22N3O2/c1-3-12-5-7-13(8-6-12)14-9-15(11-18-10-14)16-19-17(20-22-16)21-4-2/h5-8,14-15H,3-4,9-11H2,1-2H3. The molecule has 1 radical (unpaired) electrons. The lowest BCUT2D eigenvalue weighted by molar-refractivity contribution is 0.275. The SMILES string of the molecule is CCOc1noc(C2C[N]CC(c3ccc(CC)cc3)C2)n1. The molecule has 1 aliphatic rings. The van der Waals surface area contributed by atoms with Gasteiger partial charge in [-0.05, 0) is 42.0 Å². The average Bonchev–Trinajstić information content (AvgIpc) is 3.04. The quantitative estimate of drug-likeness (QED) is 0.851. The first kappa shape index (κ1) is 15.0. The van der Waals surface area contributed by atoms with Gasteiger partial charge in [0.15, 0.2) is 0 Å². The van der Waals surface area contributed by atoms with Crippen molar-refractivity contribution < 1.29 is 9.26 Å². The van der Waals surface area contributed by atoms with Gasteiger partial charge in [0.25, 0.3) is 0 Å². The van der Waals surface area contributed by atoms with Crippen molar-refractivity contribution in [3.63, 3.8) is 0 Å². The molecule has 2 atom stereocenters. The van der Waals surface area contributed by atoms with E-state index in [-0.39, 0.29) is 5.92 Å². The molecule has 1 fully saturated rings. The molecule has 22 heavy (non-hydrogen) atoms. The Kier molecular flexibility index (Phi) is 4.73. The van der Waals surface area contributed by atoms with Crippen LogP contribution in [0.25, 0.3) is 0 Å². The summed E-state index contributed by atoms with van der Waals surface area (Å²) in [5.74, 6) is 1.25. The van der Waals surface area contributed by atoms with Crippen LogP contribution in [-0.2, 0) is 6.42 Å². The van der Waals surface area contributed by atoms with E-state index in [1.54, 1.807) is 0 Å². The molecule has 3 rings (SSSR count). The maximum atomic E-state index is 5.33. The minimum atomic E-state index is 0.186. The van der Waals surface area contributed by atoms with Gasteiger partial charge in [0.05, 0.1) is 12.5 Å². The van der Waals surface area contributed by atoms with Crippen LogP contribution < -0.4 is 10.1 Å². The van der Waals surface area contributed by atoms with Crippen molar-refractivity contribution in [1.82, 2.24) is 15.5 Å². The van der Waals surface area contributed by atoms with Crippen LogP contribution in [0.3, 0.4) is 0 Å². The Morgan fingerprint density at radius 1 is 1.14 bits per heavy atom. The molecule has 0 amide bonds. The second-order valence-electron chi connectivity index (χ2n) is 5.66. The molecule has 2 heterocycles. The Balaban J connectivity index is 1.69. The maximum Gasteiger partial charge on any atom is 0.354 e. The fourth-order valence-electron chi connectivity index (χ4n) is 2.90. The van der Waals surface area contributed by atoms with Crippen LogP contribution in [0.15, 0.2) is 28.8 Å².